The van der Waals surface area contributed by atoms with Crippen LogP contribution in [0.4, 0.5) is 0 Å². The van der Waals surface area contributed by atoms with Crippen molar-refractivity contribution in [3.8, 4) is 22.5 Å². The minimum atomic E-state index is -0.337. The maximum Gasteiger partial charge on any atom is 0.164 e. The van der Waals surface area contributed by atoms with E-state index < -0.39 is 0 Å². The molecule has 51 heavy (non-hydrogen) atoms. The summed E-state index contributed by atoms with van der Waals surface area (Å²) in [5, 5.41) is 13.6. The Morgan fingerprint density at radius 1 is 0.843 bits per heavy atom. The molecule has 5 aromatic rings. The topological polar surface area (TPSA) is 76.2 Å². The number of aliphatic hydroxyl groups excluding tert-OH is 1. The number of hydrogen-bond donors (Lipinski definition) is 1. The van der Waals surface area contributed by atoms with Crippen molar-refractivity contribution in [2.24, 2.45) is 16.7 Å². The number of aliphatic hydroxyl groups is 1. The molecular weight excluding hydrogens is 809 g/mol. The van der Waals surface area contributed by atoms with E-state index in [0.29, 0.717) is 5.92 Å². The van der Waals surface area contributed by atoms with E-state index in [2.05, 4.69) is 99.2 Å². The zero-order chi connectivity index (χ0) is 36.9. The summed E-state index contributed by atoms with van der Waals surface area (Å²) in [6.45, 7) is 23.3. The van der Waals surface area contributed by atoms with Crippen LogP contribution in [0.2, 0.25) is 0 Å². The van der Waals surface area contributed by atoms with Gasteiger partial charge in [-0.25, -0.2) is 4.98 Å². The molecule has 5 nitrogen and oxygen atoms in total. The molecule has 0 aliphatic rings. The van der Waals surface area contributed by atoms with Crippen LogP contribution in [0, 0.1) is 22.8 Å². The van der Waals surface area contributed by atoms with Gasteiger partial charge < -0.3 is 9.52 Å². The van der Waals surface area contributed by atoms with Gasteiger partial charge in [-0.3, -0.25) is 9.78 Å². The van der Waals surface area contributed by atoms with E-state index in [4.69, 9.17) is 4.42 Å². The van der Waals surface area contributed by atoms with Crippen molar-refractivity contribution < 1.29 is 34.4 Å². The fourth-order valence-corrected chi connectivity index (χ4v) is 6.27. The number of ketones is 1. The normalized spacial score (nSPS) is 12.5. The monoisotopic (exact) mass is 866 g/mol. The number of nitrogens with zero attached hydrogens (tertiary/aromatic N) is 2. The predicted octanol–water partition coefficient (Wildman–Crippen LogP) is 12.7. The molecule has 1 N–H and O–H groups in total. The van der Waals surface area contributed by atoms with E-state index in [1.807, 2.05) is 47.6 Å². The smallest absolute Gasteiger partial charge is 0.164 e. The summed E-state index contributed by atoms with van der Waals surface area (Å²) in [6.07, 6.45) is 9.16. The summed E-state index contributed by atoms with van der Waals surface area (Å²) < 4.78 is 5.88. The fourth-order valence-electron chi connectivity index (χ4n) is 6.27. The summed E-state index contributed by atoms with van der Waals surface area (Å²) in [5.41, 5.74) is 6.70. The third kappa shape index (κ3) is 9.45. The summed E-state index contributed by atoms with van der Waals surface area (Å²) in [4.78, 5) is 21.4. The molecule has 0 atom stereocenters. The van der Waals surface area contributed by atoms with E-state index in [-0.39, 0.29) is 47.9 Å². The fraction of sp³-hybridized carbons (Fsp3) is 0.444. The van der Waals surface area contributed by atoms with Gasteiger partial charge in [0.25, 0.3) is 0 Å². The molecule has 0 aliphatic heterocycles. The van der Waals surface area contributed by atoms with Gasteiger partial charge >= 0.3 is 0 Å². The van der Waals surface area contributed by atoms with Gasteiger partial charge in [0.05, 0.1) is 12.0 Å². The van der Waals surface area contributed by atoms with Gasteiger partial charge in [-0.05, 0) is 61.1 Å². The van der Waals surface area contributed by atoms with Gasteiger partial charge in [-0.15, -0.1) is 29.1 Å². The molecule has 1 radical (unpaired) electrons. The van der Waals surface area contributed by atoms with Gasteiger partial charge in [-0.1, -0.05) is 117 Å². The molecule has 0 fully saturated rings. The SMILES string of the molecule is CC(C)Cc1ccc(-c2cc(-c3[c-]c4ccccc4c(C(C)(C)C)c3)ncn2)c2ccoc12.CCC(C)(CC)C(=O)/C=C(\O)C(C)(CC)CC.[Ir]. The van der Waals surface area contributed by atoms with Crippen LogP contribution in [-0.2, 0) is 36.7 Å². The number of allylic oxidation sites excluding steroid dienone is 2. The maximum atomic E-state index is 12.2. The summed E-state index contributed by atoms with van der Waals surface area (Å²) in [7, 11) is 0. The number of rotatable bonds is 11. The number of aromatic nitrogens is 2. The number of furan rings is 1. The number of hydrogen-bond acceptors (Lipinski definition) is 5. The first-order valence-electron chi connectivity index (χ1n) is 18.3. The molecular formula is C45H57IrN2O3-. The number of carbonyl (C=O) groups excluding carboxylic acids is 1. The number of fused-ring (bicyclic) bond motifs is 2. The molecule has 3 aromatic carbocycles. The second-order valence-corrected chi connectivity index (χ2v) is 15.6. The summed E-state index contributed by atoms with van der Waals surface area (Å²) >= 11 is 0. The van der Waals surface area contributed by atoms with E-state index in [9.17, 15) is 9.90 Å². The van der Waals surface area contributed by atoms with Crippen LogP contribution in [-0.4, -0.2) is 20.9 Å². The van der Waals surface area contributed by atoms with Gasteiger partial charge in [0.15, 0.2) is 5.78 Å². The van der Waals surface area contributed by atoms with Gasteiger partial charge in [0.2, 0.25) is 0 Å². The standard InChI is InChI=1S/C30H29N2O.C15H28O2.Ir/c1-19(2)14-21-10-11-24(25-12-13-33-29(21)25)28-17-27(31-18-32-28)22-15-20-8-6-7-9-23(20)26(16-22)30(3,4)5;1-7-14(5,8-2)12(16)11-13(17)15(6,9-3)10-4;/h6-13,16-19H,14H2,1-5H3;11,16H,7-10H2,1-6H3;/q-1;;/b;12-11-;. The molecule has 275 valence electrons. The Hall–Kier alpha value is -3.60. The molecule has 2 heterocycles. The van der Waals surface area contributed by atoms with E-state index >= 15 is 0 Å². The van der Waals surface area contributed by atoms with E-state index in [1.165, 1.54) is 22.6 Å². The molecule has 6 heteroatoms. The number of carbonyl (C=O) groups is 1. The van der Waals surface area contributed by atoms with Crippen LogP contribution in [0.15, 0.2) is 83.4 Å². The first kappa shape index (κ1) is 41.8. The number of benzene rings is 3. The van der Waals surface area contributed by atoms with Crippen LogP contribution in [0.1, 0.15) is 113 Å². The van der Waals surface area contributed by atoms with E-state index in [0.717, 1.165) is 71.0 Å². The molecule has 2 aromatic heterocycles. The Labute approximate surface area is 319 Å². The molecule has 5 rings (SSSR count). The summed E-state index contributed by atoms with van der Waals surface area (Å²) in [5.74, 6) is 0.851. The van der Waals surface area contributed by atoms with Crippen LogP contribution in [0.5, 0.6) is 0 Å². The average Bonchev–Trinajstić information content (AvgIpc) is 3.61. The molecule has 0 bridgehead atoms. The average molecular weight is 866 g/mol. The van der Waals surface area contributed by atoms with Crippen molar-refractivity contribution in [1.82, 2.24) is 9.97 Å². The van der Waals surface area contributed by atoms with Crippen LogP contribution < -0.4 is 0 Å². The van der Waals surface area contributed by atoms with Crippen LogP contribution >= 0.6 is 0 Å². The second-order valence-electron chi connectivity index (χ2n) is 15.6. The van der Waals surface area contributed by atoms with Crippen molar-refractivity contribution in [1.29, 1.82) is 0 Å². The predicted molar refractivity (Wildman–Crippen MR) is 209 cm³/mol. The van der Waals surface area contributed by atoms with Crippen LogP contribution in [0.3, 0.4) is 0 Å². The molecule has 0 spiro atoms. The van der Waals surface area contributed by atoms with Gasteiger partial charge in [0, 0.05) is 53.7 Å². The molecule has 0 saturated heterocycles. The molecule has 0 unspecified atom stereocenters. The van der Waals surface area contributed by atoms with Crippen LogP contribution in [0.25, 0.3) is 44.3 Å². The minimum Gasteiger partial charge on any atom is -0.512 e. The van der Waals surface area contributed by atoms with Crippen molar-refractivity contribution in [2.75, 3.05) is 0 Å². The largest absolute Gasteiger partial charge is 0.512 e. The Kier molecular flexibility index (Phi) is 14.2. The minimum absolute atomic E-state index is 0. The molecule has 0 saturated carbocycles. The zero-order valence-corrected chi connectivity index (χ0v) is 34.9. The van der Waals surface area contributed by atoms with Crippen molar-refractivity contribution >= 4 is 27.5 Å². The van der Waals surface area contributed by atoms with Gasteiger partial charge in [-0.2, -0.15) is 0 Å². The Morgan fingerprint density at radius 2 is 1.47 bits per heavy atom. The summed E-state index contributed by atoms with van der Waals surface area (Å²) in [6, 6.07) is 22.7. The maximum absolute atomic E-state index is 12.2. The van der Waals surface area contributed by atoms with Crippen molar-refractivity contribution in [3.05, 3.63) is 96.2 Å². The Bertz CT molecular complexity index is 1960. The molecule has 0 aliphatic carbocycles. The van der Waals surface area contributed by atoms with Crippen molar-refractivity contribution in [2.45, 2.75) is 114 Å². The Balaban J connectivity index is 0.000000335. The molecule has 0 amide bonds. The van der Waals surface area contributed by atoms with E-state index in [1.54, 1.807) is 12.6 Å². The van der Waals surface area contributed by atoms with Gasteiger partial charge in [0.1, 0.15) is 17.7 Å². The first-order chi connectivity index (χ1) is 23.6. The van der Waals surface area contributed by atoms with Crippen molar-refractivity contribution in [3.63, 3.8) is 0 Å². The quantitative estimate of drug-likeness (QED) is 0.0813. The first-order valence-corrected chi connectivity index (χ1v) is 18.3. The zero-order valence-electron chi connectivity index (χ0n) is 32.5. The Morgan fingerprint density at radius 3 is 2.08 bits per heavy atom. The third-order valence-corrected chi connectivity index (χ3v) is 10.7. The second kappa shape index (κ2) is 17.3. The third-order valence-electron chi connectivity index (χ3n) is 10.7.